The van der Waals surface area contributed by atoms with Gasteiger partial charge in [0.1, 0.15) is 0 Å². The van der Waals surface area contributed by atoms with Crippen molar-refractivity contribution in [3.63, 3.8) is 0 Å². The van der Waals surface area contributed by atoms with Gasteiger partial charge >= 0.3 is 0 Å². The van der Waals surface area contributed by atoms with Crippen molar-refractivity contribution in [3.05, 3.63) is 34.9 Å². The van der Waals surface area contributed by atoms with Gasteiger partial charge < -0.3 is 0 Å². The highest BCUT2D eigenvalue weighted by Crippen LogP contribution is 2.28. The van der Waals surface area contributed by atoms with Gasteiger partial charge in [0.25, 0.3) is 0 Å². The first kappa shape index (κ1) is 12.0. The van der Waals surface area contributed by atoms with Crippen molar-refractivity contribution >= 4 is 11.6 Å². The van der Waals surface area contributed by atoms with Gasteiger partial charge in [-0.15, -0.1) is 11.6 Å². The monoisotopic (exact) mass is 236 g/mol. The maximum Gasteiger partial charge on any atom is 0.0292 e. The van der Waals surface area contributed by atoms with Gasteiger partial charge in [-0.2, -0.15) is 0 Å². The van der Waals surface area contributed by atoms with Crippen LogP contribution in [0.25, 0.3) is 0 Å². The Bertz CT molecular complexity index is 343. The molecule has 1 aromatic rings. The lowest BCUT2D eigenvalue weighted by atomic mass is 9.87. The van der Waals surface area contributed by atoms with E-state index in [2.05, 4.69) is 25.1 Å². The molecule has 0 N–H and O–H groups in total. The van der Waals surface area contributed by atoms with Gasteiger partial charge in [0.05, 0.1) is 0 Å². The summed E-state index contributed by atoms with van der Waals surface area (Å²) in [6, 6.07) is 7.04. The molecule has 88 valence electrons. The van der Waals surface area contributed by atoms with E-state index >= 15 is 0 Å². The van der Waals surface area contributed by atoms with Gasteiger partial charge in [0, 0.05) is 5.88 Å². The van der Waals surface area contributed by atoms with Crippen LogP contribution in [0.5, 0.6) is 0 Å². The third-order valence-electron chi connectivity index (χ3n) is 3.67. The zero-order valence-corrected chi connectivity index (χ0v) is 10.9. The van der Waals surface area contributed by atoms with Gasteiger partial charge in [0.2, 0.25) is 0 Å². The third kappa shape index (κ3) is 2.60. The highest BCUT2D eigenvalue weighted by atomic mass is 35.5. The molecule has 1 heteroatoms. The first-order valence-electron chi connectivity index (χ1n) is 6.52. The van der Waals surface area contributed by atoms with Crippen LogP contribution in [-0.2, 0) is 12.8 Å². The predicted octanol–water partition coefficient (Wildman–Crippen LogP) is 4.69. The molecule has 1 atom stereocenters. The largest absolute Gasteiger partial charge is 0.126 e. The molecule has 0 heterocycles. The molecule has 0 spiro atoms. The maximum absolute atomic E-state index is 6.06. The molecule has 0 fully saturated rings. The number of hydrogen-bond acceptors (Lipinski definition) is 0. The molecule has 0 bridgehead atoms. The lowest BCUT2D eigenvalue weighted by molar-refractivity contribution is 0.657. The average Bonchev–Trinajstić information content (AvgIpc) is 2.35. The Labute approximate surface area is 104 Å². The van der Waals surface area contributed by atoms with Gasteiger partial charge in [0.15, 0.2) is 0 Å². The Morgan fingerprint density at radius 3 is 2.62 bits per heavy atom. The number of benzene rings is 1. The van der Waals surface area contributed by atoms with Crippen molar-refractivity contribution in [2.75, 3.05) is 5.88 Å². The van der Waals surface area contributed by atoms with Crippen molar-refractivity contribution in [2.24, 2.45) is 0 Å². The van der Waals surface area contributed by atoms with Crippen LogP contribution in [0.3, 0.4) is 0 Å². The molecular formula is C15H21Cl. The van der Waals surface area contributed by atoms with E-state index in [-0.39, 0.29) is 0 Å². The fourth-order valence-electron chi connectivity index (χ4n) is 2.69. The Morgan fingerprint density at radius 2 is 1.94 bits per heavy atom. The zero-order chi connectivity index (χ0) is 11.4. The van der Waals surface area contributed by atoms with Crippen molar-refractivity contribution in [1.82, 2.24) is 0 Å². The SMILES string of the molecule is CCCC(CCl)c1ccc2c(c1)CCCC2. The Kier molecular flexibility index (Phi) is 4.29. The predicted molar refractivity (Wildman–Crippen MR) is 71.5 cm³/mol. The second kappa shape index (κ2) is 5.72. The quantitative estimate of drug-likeness (QED) is 0.666. The molecule has 0 amide bonds. The molecule has 16 heavy (non-hydrogen) atoms. The van der Waals surface area contributed by atoms with Crippen LogP contribution in [-0.4, -0.2) is 5.88 Å². The van der Waals surface area contributed by atoms with Crippen LogP contribution in [0.1, 0.15) is 55.2 Å². The molecule has 1 aliphatic carbocycles. The number of aryl methyl sites for hydroxylation is 2. The molecule has 1 aromatic carbocycles. The normalized spacial score (nSPS) is 16.9. The molecule has 0 saturated heterocycles. The summed E-state index contributed by atoms with van der Waals surface area (Å²) in [6.07, 6.45) is 7.69. The van der Waals surface area contributed by atoms with Gasteiger partial charge in [-0.25, -0.2) is 0 Å². The number of alkyl halides is 1. The van der Waals surface area contributed by atoms with E-state index in [1.807, 2.05) is 0 Å². The minimum absolute atomic E-state index is 0.555. The molecule has 1 unspecified atom stereocenters. The minimum Gasteiger partial charge on any atom is -0.126 e. The van der Waals surface area contributed by atoms with Gasteiger partial charge in [-0.05, 0) is 54.7 Å². The molecule has 0 saturated carbocycles. The van der Waals surface area contributed by atoms with E-state index in [9.17, 15) is 0 Å². The van der Waals surface area contributed by atoms with Gasteiger partial charge in [-0.1, -0.05) is 31.5 Å². The molecule has 1 aliphatic rings. The van der Waals surface area contributed by atoms with Crippen LogP contribution in [0.15, 0.2) is 18.2 Å². The van der Waals surface area contributed by atoms with E-state index in [1.165, 1.54) is 44.1 Å². The summed E-state index contributed by atoms with van der Waals surface area (Å²) in [6.45, 7) is 2.23. The number of halogens is 1. The average molecular weight is 237 g/mol. The molecule has 2 rings (SSSR count). The lowest BCUT2D eigenvalue weighted by Crippen LogP contribution is -2.06. The number of fused-ring (bicyclic) bond motifs is 1. The van der Waals surface area contributed by atoms with E-state index in [4.69, 9.17) is 11.6 Å². The molecule has 0 aromatic heterocycles. The van der Waals surface area contributed by atoms with Crippen LogP contribution in [0.2, 0.25) is 0 Å². The summed E-state index contributed by atoms with van der Waals surface area (Å²) < 4.78 is 0. The Hall–Kier alpha value is -0.490. The molecule has 0 aliphatic heterocycles. The summed E-state index contributed by atoms with van der Waals surface area (Å²) in [5, 5.41) is 0. The van der Waals surface area contributed by atoms with E-state index < -0.39 is 0 Å². The zero-order valence-electron chi connectivity index (χ0n) is 10.1. The van der Waals surface area contributed by atoms with Crippen molar-refractivity contribution < 1.29 is 0 Å². The lowest BCUT2D eigenvalue weighted by Gasteiger charge is -2.20. The summed E-state index contributed by atoms with van der Waals surface area (Å²) in [4.78, 5) is 0. The van der Waals surface area contributed by atoms with E-state index in [0.29, 0.717) is 5.92 Å². The van der Waals surface area contributed by atoms with Crippen LogP contribution >= 0.6 is 11.6 Å². The standard InChI is InChI=1S/C15H21Cl/c1-2-5-15(11-16)14-9-8-12-6-3-4-7-13(12)10-14/h8-10,15H,2-7,11H2,1H3. The Balaban J connectivity index is 2.21. The summed E-state index contributed by atoms with van der Waals surface area (Å²) >= 11 is 6.06. The van der Waals surface area contributed by atoms with Crippen LogP contribution in [0, 0.1) is 0 Å². The Morgan fingerprint density at radius 1 is 1.19 bits per heavy atom. The molecule has 0 radical (unpaired) electrons. The third-order valence-corrected chi connectivity index (χ3v) is 4.04. The second-order valence-electron chi connectivity index (χ2n) is 4.88. The van der Waals surface area contributed by atoms with Crippen LogP contribution < -0.4 is 0 Å². The summed E-state index contributed by atoms with van der Waals surface area (Å²) in [7, 11) is 0. The van der Waals surface area contributed by atoms with Crippen molar-refractivity contribution in [3.8, 4) is 0 Å². The van der Waals surface area contributed by atoms with E-state index in [0.717, 1.165) is 5.88 Å². The first-order chi connectivity index (χ1) is 7.85. The highest BCUT2D eigenvalue weighted by Gasteiger charge is 2.14. The van der Waals surface area contributed by atoms with Crippen molar-refractivity contribution in [2.45, 2.75) is 51.4 Å². The first-order valence-corrected chi connectivity index (χ1v) is 7.06. The fourth-order valence-corrected chi connectivity index (χ4v) is 3.02. The maximum atomic E-state index is 6.06. The minimum atomic E-state index is 0.555. The highest BCUT2D eigenvalue weighted by molar-refractivity contribution is 6.18. The van der Waals surface area contributed by atoms with Crippen molar-refractivity contribution in [1.29, 1.82) is 0 Å². The number of hydrogen-bond donors (Lipinski definition) is 0. The molecule has 0 nitrogen and oxygen atoms in total. The number of rotatable bonds is 4. The van der Waals surface area contributed by atoms with Crippen LogP contribution in [0.4, 0.5) is 0 Å². The molecular weight excluding hydrogens is 216 g/mol. The smallest absolute Gasteiger partial charge is 0.0292 e. The second-order valence-corrected chi connectivity index (χ2v) is 5.18. The fraction of sp³-hybridized carbons (Fsp3) is 0.600. The summed E-state index contributed by atoms with van der Waals surface area (Å²) in [5.74, 6) is 1.31. The van der Waals surface area contributed by atoms with E-state index in [1.54, 1.807) is 11.1 Å². The topological polar surface area (TPSA) is 0 Å². The van der Waals surface area contributed by atoms with Gasteiger partial charge in [-0.3, -0.25) is 0 Å². The summed E-state index contributed by atoms with van der Waals surface area (Å²) in [5.41, 5.74) is 4.60.